The van der Waals surface area contributed by atoms with Gasteiger partial charge in [0.2, 0.25) is 6.36 Å². The second-order valence-corrected chi connectivity index (χ2v) is 3.13. The highest BCUT2D eigenvalue weighted by molar-refractivity contribution is 9.10. The van der Waals surface area contributed by atoms with Crippen molar-refractivity contribution in [1.82, 2.24) is 0 Å². The Kier molecular flexibility index (Phi) is 3.19. The van der Waals surface area contributed by atoms with Crippen molar-refractivity contribution < 1.29 is 17.9 Å². The van der Waals surface area contributed by atoms with Gasteiger partial charge in [-0.2, -0.15) is 0 Å². The highest BCUT2D eigenvalue weighted by Gasteiger charge is 2.13. The average Bonchev–Trinajstić information content (AvgIpc) is 2.06. The van der Waals surface area contributed by atoms with Crippen LogP contribution >= 0.6 is 15.9 Å². The van der Waals surface area contributed by atoms with Crippen molar-refractivity contribution in [3.63, 3.8) is 0 Å². The minimum atomic E-state index is -1.57. The number of rotatable bonds is 2. The maximum absolute atomic E-state index is 12.8. The van der Waals surface area contributed by atoms with Crippen LogP contribution in [0.4, 0.5) is 13.2 Å². The quantitative estimate of drug-likeness (QED) is 0.735. The van der Waals surface area contributed by atoms with E-state index in [4.69, 9.17) is 0 Å². The van der Waals surface area contributed by atoms with E-state index in [-0.39, 0.29) is 10.2 Å². The number of ether oxygens (including phenoxy) is 1. The van der Waals surface area contributed by atoms with E-state index in [9.17, 15) is 13.2 Å². The molecule has 0 spiro atoms. The first kappa shape index (κ1) is 10.4. The SMILES string of the molecule is CC(F)Oc1ccc(F)c(F)c1Br. The van der Waals surface area contributed by atoms with Crippen molar-refractivity contribution in [3.05, 3.63) is 28.2 Å². The molecule has 1 rings (SSSR count). The van der Waals surface area contributed by atoms with Crippen molar-refractivity contribution in [3.8, 4) is 5.75 Å². The van der Waals surface area contributed by atoms with Crippen LogP contribution in [0.1, 0.15) is 6.92 Å². The van der Waals surface area contributed by atoms with E-state index >= 15 is 0 Å². The van der Waals surface area contributed by atoms with Gasteiger partial charge in [0.15, 0.2) is 11.6 Å². The molecular weight excluding hydrogens is 249 g/mol. The molecule has 1 aromatic carbocycles. The van der Waals surface area contributed by atoms with Gasteiger partial charge in [-0.3, -0.25) is 0 Å². The molecule has 0 aliphatic carbocycles. The van der Waals surface area contributed by atoms with Crippen molar-refractivity contribution in [2.45, 2.75) is 13.3 Å². The lowest BCUT2D eigenvalue weighted by molar-refractivity contribution is 0.0846. The molecule has 72 valence electrons. The maximum atomic E-state index is 12.8. The minimum Gasteiger partial charge on any atom is -0.459 e. The smallest absolute Gasteiger partial charge is 0.235 e. The molecule has 0 bridgehead atoms. The third-order valence-electron chi connectivity index (χ3n) is 1.29. The summed E-state index contributed by atoms with van der Waals surface area (Å²) in [6, 6.07) is 2.02. The summed E-state index contributed by atoms with van der Waals surface area (Å²) in [5, 5.41) is 0. The molecule has 0 saturated carbocycles. The Morgan fingerprint density at radius 3 is 2.54 bits per heavy atom. The first-order valence-electron chi connectivity index (χ1n) is 3.46. The number of benzene rings is 1. The van der Waals surface area contributed by atoms with Gasteiger partial charge in [0, 0.05) is 6.92 Å². The molecule has 0 aliphatic heterocycles. The zero-order valence-corrected chi connectivity index (χ0v) is 8.24. The maximum Gasteiger partial charge on any atom is 0.235 e. The zero-order valence-electron chi connectivity index (χ0n) is 6.65. The topological polar surface area (TPSA) is 9.23 Å². The van der Waals surface area contributed by atoms with Gasteiger partial charge in [0.25, 0.3) is 0 Å². The highest BCUT2D eigenvalue weighted by atomic mass is 79.9. The molecule has 0 aromatic heterocycles. The summed E-state index contributed by atoms with van der Waals surface area (Å²) >= 11 is 2.75. The largest absolute Gasteiger partial charge is 0.459 e. The van der Waals surface area contributed by atoms with Gasteiger partial charge in [-0.15, -0.1) is 0 Å². The van der Waals surface area contributed by atoms with Crippen LogP contribution in [0.15, 0.2) is 16.6 Å². The molecule has 0 heterocycles. The third kappa shape index (κ3) is 2.37. The van der Waals surface area contributed by atoms with E-state index in [1.165, 1.54) is 0 Å². The molecule has 0 aliphatic rings. The van der Waals surface area contributed by atoms with Crippen molar-refractivity contribution in [2.75, 3.05) is 0 Å². The van der Waals surface area contributed by atoms with Gasteiger partial charge in [-0.25, -0.2) is 13.2 Å². The summed E-state index contributed by atoms with van der Waals surface area (Å²) in [5.74, 6) is -2.15. The Morgan fingerprint density at radius 2 is 2.00 bits per heavy atom. The van der Waals surface area contributed by atoms with E-state index < -0.39 is 18.0 Å². The first-order chi connectivity index (χ1) is 6.02. The van der Waals surface area contributed by atoms with E-state index in [0.29, 0.717) is 0 Å². The second kappa shape index (κ2) is 4.00. The van der Waals surface area contributed by atoms with Crippen LogP contribution in [0.2, 0.25) is 0 Å². The van der Waals surface area contributed by atoms with E-state index in [1.807, 2.05) is 0 Å². The van der Waals surface area contributed by atoms with Crippen LogP contribution in [0, 0.1) is 11.6 Å². The van der Waals surface area contributed by atoms with Crippen LogP contribution in [0.3, 0.4) is 0 Å². The summed E-state index contributed by atoms with van der Waals surface area (Å²) in [6.45, 7) is 1.15. The van der Waals surface area contributed by atoms with E-state index in [0.717, 1.165) is 19.1 Å². The molecule has 1 nitrogen and oxygen atoms in total. The van der Waals surface area contributed by atoms with Gasteiger partial charge >= 0.3 is 0 Å². The number of halogens is 4. The fourth-order valence-electron chi connectivity index (χ4n) is 0.774. The molecule has 13 heavy (non-hydrogen) atoms. The fraction of sp³-hybridized carbons (Fsp3) is 0.250. The molecule has 5 heteroatoms. The van der Waals surface area contributed by atoms with Gasteiger partial charge in [0.1, 0.15) is 5.75 Å². The number of alkyl halides is 1. The Labute approximate surface area is 81.6 Å². The van der Waals surface area contributed by atoms with Crippen LogP contribution in [-0.4, -0.2) is 6.36 Å². The normalized spacial score (nSPS) is 12.7. The molecule has 0 saturated heterocycles. The van der Waals surface area contributed by atoms with Crippen molar-refractivity contribution in [2.24, 2.45) is 0 Å². The fourth-order valence-corrected chi connectivity index (χ4v) is 1.19. The summed E-state index contributed by atoms with van der Waals surface area (Å²) in [6.07, 6.45) is -1.57. The first-order valence-corrected chi connectivity index (χ1v) is 4.26. The lowest BCUT2D eigenvalue weighted by Gasteiger charge is -2.09. The van der Waals surface area contributed by atoms with Gasteiger partial charge in [-0.1, -0.05) is 0 Å². The predicted octanol–water partition coefficient (Wildman–Crippen LogP) is 3.42. The van der Waals surface area contributed by atoms with E-state index in [2.05, 4.69) is 20.7 Å². The molecule has 1 atom stereocenters. The predicted molar refractivity (Wildman–Crippen MR) is 45.3 cm³/mol. The second-order valence-electron chi connectivity index (χ2n) is 2.33. The number of hydrogen-bond donors (Lipinski definition) is 0. The summed E-state index contributed by atoms with van der Waals surface area (Å²) in [5.41, 5.74) is 0. The van der Waals surface area contributed by atoms with Crippen molar-refractivity contribution >= 4 is 15.9 Å². The van der Waals surface area contributed by atoms with Crippen LogP contribution in [0.25, 0.3) is 0 Å². The monoisotopic (exact) mass is 254 g/mol. The summed E-state index contributed by atoms with van der Waals surface area (Å²) in [7, 11) is 0. The van der Waals surface area contributed by atoms with Gasteiger partial charge < -0.3 is 4.74 Å². The summed E-state index contributed by atoms with van der Waals surface area (Å²) < 4.78 is 42.0. The minimum absolute atomic E-state index is 0.0612. The lowest BCUT2D eigenvalue weighted by Crippen LogP contribution is -2.05. The van der Waals surface area contributed by atoms with Gasteiger partial charge in [0.05, 0.1) is 4.47 Å². The van der Waals surface area contributed by atoms with E-state index in [1.54, 1.807) is 0 Å². The third-order valence-corrected chi connectivity index (χ3v) is 2.03. The zero-order chi connectivity index (χ0) is 10.0. The number of hydrogen-bond acceptors (Lipinski definition) is 1. The van der Waals surface area contributed by atoms with Gasteiger partial charge in [-0.05, 0) is 28.1 Å². The molecular formula is C8H6BrF3O. The molecule has 0 amide bonds. The lowest BCUT2D eigenvalue weighted by atomic mass is 10.3. The molecule has 1 aromatic rings. The molecule has 0 fully saturated rings. The Balaban J connectivity index is 3.04. The standard InChI is InChI=1S/C8H6BrF3O/c1-4(10)13-6-3-2-5(11)8(12)7(6)9/h2-4H,1H3. The Morgan fingerprint density at radius 1 is 1.38 bits per heavy atom. The summed E-state index contributed by atoms with van der Waals surface area (Å²) in [4.78, 5) is 0. The Bertz CT molecular complexity index is 315. The molecule has 0 N–H and O–H groups in total. The highest BCUT2D eigenvalue weighted by Crippen LogP contribution is 2.30. The van der Waals surface area contributed by atoms with Crippen LogP contribution < -0.4 is 4.74 Å². The van der Waals surface area contributed by atoms with Crippen LogP contribution in [0.5, 0.6) is 5.75 Å². The Hall–Kier alpha value is -0.710. The van der Waals surface area contributed by atoms with Crippen molar-refractivity contribution in [1.29, 1.82) is 0 Å². The molecule has 0 radical (unpaired) electrons. The molecule has 1 unspecified atom stereocenters. The van der Waals surface area contributed by atoms with Crippen LogP contribution in [-0.2, 0) is 0 Å². The average molecular weight is 255 g/mol.